The molecule has 0 saturated carbocycles. The van der Waals surface area contributed by atoms with E-state index in [0.29, 0.717) is 30.2 Å². The van der Waals surface area contributed by atoms with E-state index in [1.807, 2.05) is 19.0 Å². The summed E-state index contributed by atoms with van der Waals surface area (Å²) in [6, 6.07) is 5.25. The number of carbonyl (C=O) groups is 3. The Kier molecular flexibility index (Phi) is 7.26. The first-order chi connectivity index (χ1) is 12.9. The lowest BCUT2D eigenvalue weighted by Crippen LogP contribution is -2.41. The summed E-state index contributed by atoms with van der Waals surface area (Å²) >= 11 is 0.794. The quantitative estimate of drug-likeness (QED) is 0.668. The summed E-state index contributed by atoms with van der Waals surface area (Å²) in [6.45, 7) is 0.812. The first-order valence-corrected chi connectivity index (χ1v) is 9.06. The van der Waals surface area contributed by atoms with Crippen molar-refractivity contribution < 1.29 is 23.9 Å². The number of carbonyl (C=O) groups excluding carboxylic acids is 3. The molecule has 0 aromatic heterocycles. The smallest absolute Gasteiger partial charge is 0.294 e. The molecule has 1 N–H and O–H groups in total. The van der Waals surface area contributed by atoms with E-state index in [2.05, 4.69) is 5.32 Å². The summed E-state index contributed by atoms with van der Waals surface area (Å²) < 4.78 is 10.6. The van der Waals surface area contributed by atoms with E-state index < -0.39 is 11.1 Å². The Labute approximate surface area is 162 Å². The SMILES string of the molecule is COc1cccc(/C=C2/SC(=O)N(CC(=O)NCCN(C)C)C2=O)c1OC. The molecule has 8 nitrogen and oxygen atoms in total. The molecule has 1 fully saturated rings. The summed E-state index contributed by atoms with van der Waals surface area (Å²) in [5.41, 5.74) is 0.609. The van der Waals surface area contributed by atoms with E-state index in [9.17, 15) is 14.4 Å². The predicted molar refractivity (Wildman–Crippen MR) is 104 cm³/mol. The molecule has 1 saturated heterocycles. The van der Waals surface area contributed by atoms with Crippen molar-refractivity contribution in [1.82, 2.24) is 15.1 Å². The third-order valence-electron chi connectivity index (χ3n) is 3.78. The molecule has 3 amide bonds. The van der Waals surface area contributed by atoms with Gasteiger partial charge in [-0.2, -0.15) is 0 Å². The topological polar surface area (TPSA) is 88.2 Å². The van der Waals surface area contributed by atoms with Crippen LogP contribution in [-0.4, -0.2) is 74.8 Å². The van der Waals surface area contributed by atoms with Crippen molar-refractivity contribution in [3.8, 4) is 11.5 Å². The molecule has 0 bridgehead atoms. The zero-order chi connectivity index (χ0) is 20.0. The van der Waals surface area contributed by atoms with Gasteiger partial charge in [-0.05, 0) is 38.0 Å². The van der Waals surface area contributed by atoms with E-state index in [1.165, 1.54) is 14.2 Å². The zero-order valence-electron chi connectivity index (χ0n) is 15.8. The highest BCUT2D eigenvalue weighted by Gasteiger charge is 2.36. The van der Waals surface area contributed by atoms with Crippen LogP contribution in [-0.2, 0) is 9.59 Å². The van der Waals surface area contributed by atoms with Gasteiger partial charge < -0.3 is 19.7 Å². The summed E-state index contributed by atoms with van der Waals surface area (Å²) in [5, 5.41) is 2.21. The molecule has 0 aliphatic carbocycles. The number of para-hydroxylation sites is 1. The fourth-order valence-corrected chi connectivity index (χ4v) is 3.25. The Morgan fingerprint density at radius 1 is 1.26 bits per heavy atom. The first kappa shape index (κ1) is 20.8. The highest BCUT2D eigenvalue weighted by Crippen LogP contribution is 2.37. The van der Waals surface area contributed by atoms with Crippen molar-refractivity contribution in [2.24, 2.45) is 0 Å². The minimum Gasteiger partial charge on any atom is -0.493 e. The Balaban J connectivity index is 2.12. The molecule has 1 aliphatic rings. The van der Waals surface area contributed by atoms with Gasteiger partial charge in [0.05, 0.1) is 19.1 Å². The van der Waals surface area contributed by atoms with Gasteiger partial charge in [-0.25, -0.2) is 0 Å². The third kappa shape index (κ3) is 5.24. The number of amides is 3. The molecule has 1 aromatic rings. The predicted octanol–water partition coefficient (Wildman–Crippen LogP) is 1.42. The molecule has 9 heteroatoms. The second kappa shape index (κ2) is 9.43. The molecule has 146 valence electrons. The largest absolute Gasteiger partial charge is 0.493 e. The number of ether oxygens (including phenoxy) is 2. The average Bonchev–Trinajstić information content (AvgIpc) is 2.88. The van der Waals surface area contributed by atoms with Crippen molar-refractivity contribution in [3.05, 3.63) is 28.7 Å². The number of imide groups is 1. The molecule has 27 heavy (non-hydrogen) atoms. The lowest BCUT2D eigenvalue weighted by Gasteiger charge is -2.14. The van der Waals surface area contributed by atoms with Crippen LogP contribution in [0.15, 0.2) is 23.1 Å². The lowest BCUT2D eigenvalue weighted by molar-refractivity contribution is -0.129. The maximum Gasteiger partial charge on any atom is 0.294 e. The van der Waals surface area contributed by atoms with Gasteiger partial charge in [0, 0.05) is 18.7 Å². The number of hydrogen-bond donors (Lipinski definition) is 1. The number of benzene rings is 1. The van der Waals surface area contributed by atoms with E-state index >= 15 is 0 Å². The van der Waals surface area contributed by atoms with Crippen LogP contribution in [0.25, 0.3) is 6.08 Å². The normalized spacial score (nSPS) is 15.6. The fraction of sp³-hybridized carbons (Fsp3) is 0.389. The van der Waals surface area contributed by atoms with Crippen LogP contribution in [0.2, 0.25) is 0 Å². The maximum absolute atomic E-state index is 12.5. The number of likely N-dealkylation sites (N-methyl/N-ethyl adjacent to an activating group) is 1. The van der Waals surface area contributed by atoms with Gasteiger partial charge in [-0.1, -0.05) is 12.1 Å². The molecule has 0 radical (unpaired) electrons. The molecule has 0 atom stereocenters. The van der Waals surface area contributed by atoms with Crippen molar-refractivity contribution in [3.63, 3.8) is 0 Å². The molecule has 2 rings (SSSR count). The van der Waals surface area contributed by atoms with Crippen LogP contribution in [0.4, 0.5) is 4.79 Å². The van der Waals surface area contributed by atoms with Gasteiger partial charge in [0.2, 0.25) is 5.91 Å². The summed E-state index contributed by atoms with van der Waals surface area (Å²) in [7, 11) is 6.80. The first-order valence-electron chi connectivity index (χ1n) is 8.25. The van der Waals surface area contributed by atoms with Gasteiger partial charge in [0.25, 0.3) is 11.1 Å². The molecular weight excluding hydrogens is 370 g/mol. The summed E-state index contributed by atoms with van der Waals surface area (Å²) in [5.74, 6) is 0.107. The van der Waals surface area contributed by atoms with Crippen LogP contribution in [0.1, 0.15) is 5.56 Å². The highest BCUT2D eigenvalue weighted by molar-refractivity contribution is 8.18. The molecule has 1 aromatic carbocycles. The summed E-state index contributed by atoms with van der Waals surface area (Å²) in [4.78, 5) is 39.8. The average molecular weight is 393 g/mol. The van der Waals surface area contributed by atoms with Crippen molar-refractivity contribution in [1.29, 1.82) is 0 Å². The minimum absolute atomic E-state index is 0.229. The monoisotopic (exact) mass is 393 g/mol. The highest BCUT2D eigenvalue weighted by atomic mass is 32.2. The number of rotatable bonds is 8. The van der Waals surface area contributed by atoms with Crippen LogP contribution >= 0.6 is 11.8 Å². The number of methoxy groups -OCH3 is 2. The molecular formula is C18H23N3O5S. The molecule has 1 aliphatic heterocycles. The van der Waals surface area contributed by atoms with Crippen LogP contribution in [0, 0.1) is 0 Å². The van der Waals surface area contributed by atoms with Gasteiger partial charge in [0.1, 0.15) is 6.54 Å². The van der Waals surface area contributed by atoms with Crippen LogP contribution in [0.5, 0.6) is 11.5 Å². The third-order valence-corrected chi connectivity index (χ3v) is 4.68. The Hall–Kier alpha value is -2.52. The molecule has 0 spiro atoms. The minimum atomic E-state index is -0.502. The lowest BCUT2D eigenvalue weighted by atomic mass is 10.1. The van der Waals surface area contributed by atoms with Crippen molar-refractivity contribution in [2.45, 2.75) is 0 Å². The van der Waals surface area contributed by atoms with Crippen molar-refractivity contribution in [2.75, 3.05) is 47.9 Å². The Bertz CT molecular complexity index is 763. The Morgan fingerprint density at radius 3 is 2.63 bits per heavy atom. The number of thioether (sulfide) groups is 1. The van der Waals surface area contributed by atoms with Crippen LogP contribution in [0.3, 0.4) is 0 Å². The van der Waals surface area contributed by atoms with Gasteiger partial charge in [0.15, 0.2) is 11.5 Å². The van der Waals surface area contributed by atoms with Crippen LogP contribution < -0.4 is 14.8 Å². The van der Waals surface area contributed by atoms with Gasteiger partial charge in [-0.15, -0.1) is 0 Å². The van der Waals surface area contributed by atoms with E-state index in [1.54, 1.807) is 24.3 Å². The summed E-state index contributed by atoms with van der Waals surface area (Å²) in [6.07, 6.45) is 1.57. The van der Waals surface area contributed by atoms with Crippen molar-refractivity contribution >= 4 is 34.9 Å². The van der Waals surface area contributed by atoms with E-state index in [0.717, 1.165) is 16.7 Å². The maximum atomic E-state index is 12.5. The number of nitrogens with one attached hydrogen (secondary N) is 1. The number of hydrogen-bond acceptors (Lipinski definition) is 7. The van der Waals surface area contributed by atoms with Gasteiger partial charge >= 0.3 is 0 Å². The Morgan fingerprint density at radius 2 is 2.00 bits per heavy atom. The molecule has 1 heterocycles. The molecule has 0 unspecified atom stereocenters. The second-order valence-corrected chi connectivity index (χ2v) is 7.00. The van der Waals surface area contributed by atoms with E-state index in [4.69, 9.17) is 9.47 Å². The second-order valence-electron chi connectivity index (χ2n) is 6.00. The zero-order valence-corrected chi connectivity index (χ0v) is 16.6. The fourth-order valence-electron chi connectivity index (χ4n) is 2.42. The number of nitrogens with zero attached hydrogens (tertiary/aromatic N) is 2. The van der Waals surface area contributed by atoms with Gasteiger partial charge in [-0.3, -0.25) is 19.3 Å². The standard InChI is InChI=1S/C18H23N3O5S/c1-20(2)9-8-19-15(22)11-21-17(23)14(27-18(21)24)10-12-6-5-7-13(25-3)16(12)26-4/h5-7,10H,8-9,11H2,1-4H3,(H,19,22)/b14-10+. The van der Waals surface area contributed by atoms with E-state index in [-0.39, 0.29) is 17.4 Å².